The summed E-state index contributed by atoms with van der Waals surface area (Å²) < 4.78 is 7.15. The first-order valence-corrected chi connectivity index (χ1v) is 10.5. The molecule has 134 valence electrons. The Hall–Kier alpha value is -2.04. The largest absolute Gasteiger partial charge is 0.467 e. The van der Waals surface area contributed by atoms with Gasteiger partial charge in [-0.25, -0.2) is 4.98 Å². The van der Waals surface area contributed by atoms with E-state index in [0.29, 0.717) is 29.8 Å². The van der Waals surface area contributed by atoms with Crippen molar-refractivity contribution in [3.63, 3.8) is 0 Å². The fourth-order valence-electron chi connectivity index (χ4n) is 3.40. The highest BCUT2D eigenvalue weighted by molar-refractivity contribution is 7.99. The highest BCUT2D eigenvalue weighted by Crippen LogP contribution is 2.36. The van der Waals surface area contributed by atoms with E-state index in [1.54, 1.807) is 22.2 Å². The van der Waals surface area contributed by atoms with Gasteiger partial charge >= 0.3 is 0 Å². The van der Waals surface area contributed by atoms with Gasteiger partial charge in [0.05, 0.1) is 24.3 Å². The molecule has 0 radical (unpaired) electrons. The van der Waals surface area contributed by atoms with E-state index in [1.807, 2.05) is 12.1 Å². The summed E-state index contributed by atoms with van der Waals surface area (Å²) in [6.07, 6.45) is 5.15. The minimum absolute atomic E-state index is 0.0120. The quantitative estimate of drug-likeness (QED) is 0.373. The summed E-state index contributed by atoms with van der Waals surface area (Å²) in [4.78, 5) is 20.3. The second-order valence-corrected chi connectivity index (χ2v) is 8.80. The van der Waals surface area contributed by atoms with E-state index < -0.39 is 0 Å². The van der Waals surface area contributed by atoms with Gasteiger partial charge in [0.15, 0.2) is 5.16 Å². The molecule has 0 aliphatic heterocycles. The molecule has 0 saturated carbocycles. The van der Waals surface area contributed by atoms with Gasteiger partial charge in [-0.05, 0) is 42.9 Å². The Morgan fingerprint density at radius 2 is 2.42 bits per heavy atom. The predicted octanol–water partition coefficient (Wildman–Crippen LogP) is 4.23. The molecule has 0 bridgehead atoms. The third-order valence-electron chi connectivity index (χ3n) is 4.72. The van der Waals surface area contributed by atoms with Crippen molar-refractivity contribution in [3.8, 4) is 6.07 Å². The molecule has 5 nitrogen and oxygen atoms in total. The Morgan fingerprint density at radius 1 is 1.54 bits per heavy atom. The molecule has 4 rings (SSSR count). The number of hydrogen-bond donors (Lipinski definition) is 0. The Bertz CT molecular complexity index is 1030. The molecular weight excluding hydrogens is 366 g/mol. The van der Waals surface area contributed by atoms with Crippen LogP contribution in [0.25, 0.3) is 10.2 Å². The normalized spacial score (nSPS) is 16.5. The lowest BCUT2D eigenvalue weighted by Gasteiger charge is -2.17. The van der Waals surface area contributed by atoms with Gasteiger partial charge in [-0.15, -0.1) is 11.3 Å². The van der Waals surface area contributed by atoms with Crippen LogP contribution in [0.5, 0.6) is 0 Å². The lowest BCUT2D eigenvalue weighted by molar-refractivity contribution is 0.476. The first kappa shape index (κ1) is 17.4. The monoisotopic (exact) mass is 385 g/mol. The van der Waals surface area contributed by atoms with Gasteiger partial charge < -0.3 is 4.42 Å². The number of nitriles is 1. The van der Waals surface area contributed by atoms with Crippen molar-refractivity contribution in [1.29, 1.82) is 5.26 Å². The maximum absolute atomic E-state index is 13.3. The molecule has 0 unspecified atom stereocenters. The second kappa shape index (κ2) is 7.29. The Morgan fingerprint density at radius 3 is 3.19 bits per heavy atom. The van der Waals surface area contributed by atoms with Crippen LogP contribution in [0.1, 0.15) is 36.0 Å². The van der Waals surface area contributed by atoms with Crippen LogP contribution in [0.4, 0.5) is 0 Å². The van der Waals surface area contributed by atoms with Gasteiger partial charge in [-0.3, -0.25) is 9.36 Å². The van der Waals surface area contributed by atoms with E-state index in [0.717, 1.165) is 35.2 Å². The molecule has 3 aromatic heterocycles. The molecule has 0 fully saturated rings. The van der Waals surface area contributed by atoms with Crippen LogP contribution in [-0.4, -0.2) is 15.3 Å². The summed E-state index contributed by atoms with van der Waals surface area (Å²) in [5.74, 6) is 2.01. The van der Waals surface area contributed by atoms with Gasteiger partial charge in [0.25, 0.3) is 5.56 Å². The minimum Gasteiger partial charge on any atom is -0.467 e. The number of aromatic nitrogens is 2. The third-order valence-corrected chi connectivity index (χ3v) is 6.85. The van der Waals surface area contributed by atoms with E-state index >= 15 is 0 Å². The number of fused-ring (bicyclic) bond motifs is 3. The van der Waals surface area contributed by atoms with Crippen molar-refractivity contribution < 1.29 is 4.42 Å². The minimum atomic E-state index is 0.0120. The van der Waals surface area contributed by atoms with Crippen LogP contribution in [0.3, 0.4) is 0 Å². The zero-order chi connectivity index (χ0) is 18.1. The molecule has 7 heteroatoms. The molecule has 0 aromatic carbocycles. The summed E-state index contributed by atoms with van der Waals surface area (Å²) in [6.45, 7) is 2.63. The van der Waals surface area contributed by atoms with Crippen molar-refractivity contribution in [2.75, 3.05) is 5.75 Å². The smallest absolute Gasteiger partial charge is 0.263 e. The fraction of sp³-hybridized carbons (Fsp3) is 0.421. The van der Waals surface area contributed by atoms with E-state index in [4.69, 9.17) is 14.7 Å². The number of rotatable bonds is 5. The second-order valence-electron chi connectivity index (χ2n) is 6.65. The van der Waals surface area contributed by atoms with Gasteiger partial charge in [-0.1, -0.05) is 18.7 Å². The van der Waals surface area contributed by atoms with Gasteiger partial charge in [-0.2, -0.15) is 5.26 Å². The Kier molecular flexibility index (Phi) is 4.88. The number of furan rings is 1. The van der Waals surface area contributed by atoms with Crippen LogP contribution in [-0.2, 0) is 19.4 Å². The van der Waals surface area contributed by atoms with Crippen LogP contribution in [0, 0.1) is 17.2 Å². The maximum atomic E-state index is 13.3. The number of aryl methyl sites for hydroxylation is 1. The van der Waals surface area contributed by atoms with Crippen molar-refractivity contribution in [2.45, 2.75) is 44.3 Å². The SMILES string of the molecule is C[C@@H]1CCc2c(sc3nc(SCCC#N)n(Cc4ccco4)c(=O)c23)C1. The molecule has 1 aliphatic carbocycles. The first-order valence-electron chi connectivity index (χ1n) is 8.74. The molecular formula is C19H19N3O2S2. The van der Waals surface area contributed by atoms with Gasteiger partial charge in [0.1, 0.15) is 10.6 Å². The van der Waals surface area contributed by atoms with Gasteiger partial charge in [0, 0.05) is 17.1 Å². The van der Waals surface area contributed by atoms with Crippen LogP contribution in [0.2, 0.25) is 0 Å². The van der Waals surface area contributed by atoms with E-state index in [1.165, 1.54) is 22.2 Å². The number of nitrogens with zero attached hydrogens (tertiary/aromatic N) is 3. The number of thioether (sulfide) groups is 1. The van der Waals surface area contributed by atoms with Crippen molar-refractivity contribution in [2.24, 2.45) is 5.92 Å². The summed E-state index contributed by atoms with van der Waals surface area (Å²) in [5, 5.41) is 10.3. The van der Waals surface area contributed by atoms with E-state index in [2.05, 4.69) is 13.0 Å². The lowest BCUT2D eigenvalue weighted by atomic mass is 9.89. The molecule has 1 atom stereocenters. The Balaban J connectivity index is 1.84. The zero-order valence-electron chi connectivity index (χ0n) is 14.5. The summed E-state index contributed by atoms with van der Waals surface area (Å²) in [7, 11) is 0. The highest BCUT2D eigenvalue weighted by Gasteiger charge is 2.25. The van der Waals surface area contributed by atoms with Gasteiger partial charge in [0.2, 0.25) is 0 Å². The van der Waals surface area contributed by atoms with Crippen LogP contribution in [0.15, 0.2) is 32.8 Å². The summed E-state index contributed by atoms with van der Waals surface area (Å²) in [5.41, 5.74) is 1.21. The average Bonchev–Trinajstić information content (AvgIpc) is 3.25. The molecule has 1 aliphatic rings. The average molecular weight is 386 g/mol. The Labute approximate surface area is 159 Å². The highest BCUT2D eigenvalue weighted by atomic mass is 32.2. The zero-order valence-corrected chi connectivity index (χ0v) is 16.2. The lowest BCUT2D eigenvalue weighted by Crippen LogP contribution is -2.24. The molecule has 3 aromatic rings. The predicted molar refractivity (Wildman–Crippen MR) is 104 cm³/mol. The maximum Gasteiger partial charge on any atom is 0.263 e. The topological polar surface area (TPSA) is 71.8 Å². The van der Waals surface area contributed by atoms with Crippen molar-refractivity contribution in [1.82, 2.24) is 9.55 Å². The number of hydrogen-bond acceptors (Lipinski definition) is 6. The molecule has 0 spiro atoms. The van der Waals surface area contributed by atoms with E-state index in [-0.39, 0.29) is 5.56 Å². The molecule has 0 amide bonds. The van der Waals surface area contributed by atoms with Crippen LogP contribution >= 0.6 is 23.1 Å². The standard InChI is InChI=1S/C19H19N3O2S2/c1-12-5-6-14-15(10-12)26-17-16(14)18(23)22(11-13-4-2-8-24-13)19(21-17)25-9-3-7-20/h2,4,8,12H,3,5-6,9-11H2,1H3/t12-/m1/s1. The fourth-order valence-corrected chi connectivity index (χ4v) is 5.67. The molecule has 0 saturated heterocycles. The van der Waals surface area contributed by atoms with E-state index in [9.17, 15) is 4.79 Å². The van der Waals surface area contributed by atoms with Crippen LogP contribution < -0.4 is 5.56 Å². The van der Waals surface area contributed by atoms with Crippen molar-refractivity contribution >= 4 is 33.3 Å². The molecule has 3 heterocycles. The third kappa shape index (κ3) is 3.19. The number of thiophene rings is 1. The summed E-state index contributed by atoms with van der Waals surface area (Å²) >= 11 is 3.12. The molecule has 0 N–H and O–H groups in total. The first-order chi connectivity index (χ1) is 12.7. The molecule has 26 heavy (non-hydrogen) atoms. The van der Waals surface area contributed by atoms with Crippen molar-refractivity contribution in [3.05, 3.63) is 45.0 Å². The summed E-state index contributed by atoms with van der Waals surface area (Å²) in [6, 6.07) is 5.84.